The van der Waals surface area contributed by atoms with Crippen LogP contribution in [-0.4, -0.2) is 11.2 Å². The highest BCUT2D eigenvalue weighted by Crippen LogP contribution is 2.31. The predicted octanol–water partition coefficient (Wildman–Crippen LogP) is 7.18. The summed E-state index contributed by atoms with van der Waals surface area (Å²) in [5.74, 6) is 0. The van der Waals surface area contributed by atoms with Gasteiger partial charge in [0.1, 0.15) is 5.01 Å². The van der Waals surface area contributed by atoms with Gasteiger partial charge in [0.05, 0.1) is 15.9 Å². The molecule has 0 fully saturated rings. The van der Waals surface area contributed by atoms with Gasteiger partial charge < -0.3 is 0 Å². The van der Waals surface area contributed by atoms with Crippen molar-refractivity contribution in [3.8, 4) is 10.6 Å². The summed E-state index contributed by atoms with van der Waals surface area (Å²) in [4.78, 5) is 9.39. The van der Waals surface area contributed by atoms with Crippen LogP contribution in [-0.2, 0) is 0 Å². The van der Waals surface area contributed by atoms with Crippen LogP contribution in [0.25, 0.3) is 31.6 Å². The van der Waals surface area contributed by atoms with Crippen molar-refractivity contribution in [3.05, 3.63) is 96.1 Å². The summed E-state index contributed by atoms with van der Waals surface area (Å²) in [6.45, 7) is 2.11. The highest BCUT2D eigenvalue weighted by Gasteiger charge is 2.06. The van der Waals surface area contributed by atoms with Gasteiger partial charge in [-0.25, -0.2) is 4.98 Å². The molecule has 0 atom stereocenters. The lowest BCUT2D eigenvalue weighted by atomic mass is 10.1. The lowest BCUT2D eigenvalue weighted by molar-refractivity contribution is 1.45. The molecule has 0 aliphatic rings. The van der Waals surface area contributed by atoms with Gasteiger partial charge in [-0.05, 0) is 71.3 Å². The summed E-state index contributed by atoms with van der Waals surface area (Å²) in [5.41, 5.74) is 5.49. The minimum Gasteiger partial charge on any atom is -0.256 e. The Labute approximate surface area is 167 Å². The van der Waals surface area contributed by atoms with E-state index in [0.717, 1.165) is 27.3 Å². The molecular weight excluding hydrogens is 360 g/mol. The van der Waals surface area contributed by atoms with E-state index in [4.69, 9.17) is 4.98 Å². The van der Waals surface area contributed by atoms with Crippen molar-refractivity contribution in [3.63, 3.8) is 0 Å². The van der Waals surface area contributed by atoms with Crippen molar-refractivity contribution >= 4 is 44.2 Å². The van der Waals surface area contributed by atoms with Gasteiger partial charge in [0.15, 0.2) is 0 Å². The highest BCUT2D eigenvalue weighted by molar-refractivity contribution is 7.21. The van der Waals surface area contributed by atoms with E-state index < -0.39 is 0 Å². The Morgan fingerprint density at radius 2 is 1.64 bits per heavy atom. The maximum atomic E-state index is 4.76. The lowest BCUT2D eigenvalue weighted by Crippen LogP contribution is -1.81. The van der Waals surface area contributed by atoms with Gasteiger partial charge in [-0.15, -0.1) is 11.3 Å². The fraction of sp³-hybridized carbons (Fsp3) is 0.0400. The van der Waals surface area contributed by atoms with Gasteiger partial charge in [0.2, 0.25) is 0 Å². The maximum absolute atomic E-state index is 4.76. The highest BCUT2D eigenvalue weighted by atomic mass is 32.1. The van der Waals surface area contributed by atoms with Crippen molar-refractivity contribution in [2.45, 2.75) is 6.92 Å². The van der Waals surface area contributed by atoms with E-state index in [1.54, 1.807) is 11.3 Å². The molecule has 3 heteroatoms. The molecule has 5 aromatic rings. The number of hydrogen-bond donors (Lipinski definition) is 0. The van der Waals surface area contributed by atoms with Crippen LogP contribution in [0.1, 0.15) is 11.1 Å². The third-order valence-electron chi connectivity index (χ3n) is 4.79. The molecule has 5 rings (SSSR count). The first kappa shape index (κ1) is 16.8. The molecule has 0 spiro atoms. The van der Waals surface area contributed by atoms with Crippen LogP contribution < -0.4 is 0 Å². The number of nitrogens with zero attached hydrogens (tertiary/aromatic N) is 2. The molecule has 4 aromatic carbocycles. The van der Waals surface area contributed by atoms with Crippen LogP contribution in [0.2, 0.25) is 0 Å². The Bertz CT molecular complexity index is 1310. The number of rotatable bonds is 3. The molecule has 134 valence electrons. The fourth-order valence-corrected chi connectivity index (χ4v) is 4.35. The zero-order valence-electron chi connectivity index (χ0n) is 15.5. The third-order valence-corrected chi connectivity index (χ3v) is 5.86. The van der Waals surface area contributed by atoms with E-state index >= 15 is 0 Å². The standard InChI is InChI=1S/C25H18N2S/c1-17-6-13-23-24(14-17)28-25(27-23)20-9-11-22(12-10-20)26-16-18-7-8-19-4-2-3-5-21(19)15-18/h2-16H,1H3. The van der Waals surface area contributed by atoms with E-state index in [1.165, 1.54) is 21.0 Å². The van der Waals surface area contributed by atoms with Gasteiger partial charge in [0.25, 0.3) is 0 Å². The van der Waals surface area contributed by atoms with Crippen LogP contribution in [0.4, 0.5) is 5.69 Å². The minimum atomic E-state index is 0.939. The van der Waals surface area contributed by atoms with Gasteiger partial charge in [-0.2, -0.15) is 0 Å². The van der Waals surface area contributed by atoms with Crippen LogP contribution in [0.3, 0.4) is 0 Å². The molecule has 0 unspecified atom stereocenters. The quantitative estimate of drug-likeness (QED) is 0.305. The molecule has 0 saturated carbocycles. The second kappa shape index (κ2) is 7.02. The summed E-state index contributed by atoms with van der Waals surface area (Å²) in [7, 11) is 0. The first-order chi connectivity index (χ1) is 13.7. The van der Waals surface area contributed by atoms with E-state index in [0.29, 0.717) is 0 Å². The third kappa shape index (κ3) is 3.32. The summed E-state index contributed by atoms with van der Waals surface area (Å²) in [6.07, 6.45) is 1.92. The zero-order chi connectivity index (χ0) is 18.9. The van der Waals surface area contributed by atoms with Crippen molar-refractivity contribution in [1.29, 1.82) is 0 Å². The average Bonchev–Trinajstić information content (AvgIpc) is 3.15. The molecule has 28 heavy (non-hydrogen) atoms. The molecule has 0 aliphatic heterocycles. The summed E-state index contributed by atoms with van der Waals surface area (Å²) >= 11 is 1.73. The fourth-order valence-electron chi connectivity index (χ4n) is 3.28. The van der Waals surface area contributed by atoms with Crippen molar-refractivity contribution in [1.82, 2.24) is 4.98 Å². The molecule has 0 saturated heterocycles. The van der Waals surface area contributed by atoms with Crippen molar-refractivity contribution in [2.24, 2.45) is 4.99 Å². The maximum Gasteiger partial charge on any atom is 0.124 e. The molecule has 0 radical (unpaired) electrons. The average molecular weight is 379 g/mol. The van der Waals surface area contributed by atoms with Crippen LogP contribution in [0, 0.1) is 6.92 Å². The smallest absolute Gasteiger partial charge is 0.124 e. The van der Waals surface area contributed by atoms with Crippen LogP contribution in [0.15, 0.2) is 89.9 Å². The number of thiazole rings is 1. The normalized spacial score (nSPS) is 11.6. The number of aliphatic imine (C=N–C) groups is 1. The summed E-state index contributed by atoms with van der Waals surface area (Å²) < 4.78 is 1.23. The van der Waals surface area contributed by atoms with E-state index in [2.05, 4.69) is 84.7 Å². The Morgan fingerprint density at radius 1 is 0.821 bits per heavy atom. The SMILES string of the molecule is Cc1ccc2nc(-c3ccc(N=Cc4ccc5ccccc5c4)cc3)sc2c1. The Hall–Kier alpha value is -3.30. The largest absolute Gasteiger partial charge is 0.256 e. The van der Waals surface area contributed by atoms with Gasteiger partial charge >= 0.3 is 0 Å². The topological polar surface area (TPSA) is 25.2 Å². The van der Waals surface area contributed by atoms with Gasteiger partial charge in [-0.3, -0.25) is 4.99 Å². The molecule has 2 nitrogen and oxygen atoms in total. The van der Waals surface area contributed by atoms with Gasteiger partial charge in [0, 0.05) is 11.8 Å². The monoisotopic (exact) mass is 378 g/mol. The van der Waals surface area contributed by atoms with Crippen LogP contribution >= 0.6 is 11.3 Å². The zero-order valence-corrected chi connectivity index (χ0v) is 16.3. The molecule has 0 bridgehead atoms. The number of aryl methyl sites for hydroxylation is 1. The molecular formula is C25H18N2S. The summed E-state index contributed by atoms with van der Waals surface area (Å²) in [6, 6.07) is 29.4. The number of fused-ring (bicyclic) bond motifs is 2. The minimum absolute atomic E-state index is 0.939. The Morgan fingerprint density at radius 3 is 2.50 bits per heavy atom. The van der Waals surface area contributed by atoms with Crippen molar-refractivity contribution in [2.75, 3.05) is 0 Å². The van der Waals surface area contributed by atoms with E-state index in [-0.39, 0.29) is 0 Å². The Balaban J connectivity index is 1.39. The second-order valence-electron chi connectivity index (χ2n) is 6.90. The lowest BCUT2D eigenvalue weighted by Gasteiger charge is -2.00. The summed E-state index contributed by atoms with van der Waals surface area (Å²) in [5, 5.41) is 3.52. The molecule has 0 amide bonds. The van der Waals surface area contributed by atoms with Crippen LogP contribution in [0.5, 0.6) is 0 Å². The number of benzene rings is 4. The molecule has 1 heterocycles. The molecule has 0 aliphatic carbocycles. The number of hydrogen-bond acceptors (Lipinski definition) is 3. The van der Waals surface area contributed by atoms with Crippen molar-refractivity contribution < 1.29 is 0 Å². The Kier molecular flexibility index (Phi) is 4.22. The predicted molar refractivity (Wildman–Crippen MR) is 121 cm³/mol. The number of aromatic nitrogens is 1. The van der Waals surface area contributed by atoms with E-state index in [1.807, 2.05) is 18.3 Å². The van der Waals surface area contributed by atoms with E-state index in [9.17, 15) is 0 Å². The second-order valence-corrected chi connectivity index (χ2v) is 7.93. The molecule has 1 aromatic heterocycles. The first-order valence-electron chi connectivity index (χ1n) is 9.25. The molecule has 0 N–H and O–H groups in total. The first-order valence-corrected chi connectivity index (χ1v) is 10.1. The van der Waals surface area contributed by atoms with Gasteiger partial charge in [-0.1, -0.05) is 42.5 Å².